The van der Waals surface area contributed by atoms with Gasteiger partial charge in [0, 0.05) is 39.2 Å². The molecule has 0 spiro atoms. The highest BCUT2D eigenvalue weighted by Gasteiger charge is 2.56. The summed E-state index contributed by atoms with van der Waals surface area (Å²) in [5.74, 6) is 0.764. The van der Waals surface area contributed by atoms with Gasteiger partial charge in [-0.3, -0.25) is 9.69 Å². The molecule has 0 N–H and O–H groups in total. The Balaban J connectivity index is 1.48. The van der Waals surface area contributed by atoms with Crippen LogP contribution in [-0.2, 0) is 16.1 Å². The second kappa shape index (κ2) is 17.6. The summed E-state index contributed by atoms with van der Waals surface area (Å²) >= 11 is 5.57. The van der Waals surface area contributed by atoms with Gasteiger partial charge in [0.25, 0.3) is 0 Å². The van der Waals surface area contributed by atoms with Gasteiger partial charge >= 0.3 is 5.97 Å². The molecule has 0 amide bonds. The summed E-state index contributed by atoms with van der Waals surface area (Å²) in [5, 5.41) is 0. The smallest absolute Gasteiger partial charge is 0.310 e. The number of hydrogen-bond donors (Lipinski definition) is 0. The molecular weight excluding hydrogens is 691 g/mol. The van der Waals surface area contributed by atoms with Gasteiger partial charge in [-0.1, -0.05) is 126 Å². The molecule has 264 valence electrons. The van der Waals surface area contributed by atoms with E-state index in [9.17, 15) is 4.79 Å². The molecule has 1 saturated carbocycles. The summed E-state index contributed by atoms with van der Waals surface area (Å²) in [5.41, 5.74) is 2.29. The van der Waals surface area contributed by atoms with Crippen molar-refractivity contribution in [3.63, 3.8) is 0 Å². The van der Waals surface area contributed by atoms with Crippen molar-refractivity contribution in [1.82, 2.24) is 4.90 Å². The molecule has 8 heteroatoms. The molecule has 0 unspecified atom stereocenters. The van der Waals surface area contributed by atoms with Crippen LogP contribution in [0.3, 0.4) is 0 Å². The number of ether oxygens (including phenoxy) is 3. The maximum atomic E-state index is 14.4. The highest BCUT2D eigenvalue weighted by atomic mass is 32.3. The zero-order valence-electron chi connectivity index (χ0n) is 29.5. The summed E-state index contributed by atoms with van der Waals surface area (Å²) < 4.78 is 16.5. The SMILES string of the molecule is COC(=O)[C@@H]1[C@H](N(Cc2ccc(OC)c(OC)c2)[C@@H](C)c2ccccc2)CC[C@H]1C(Sc1ccccc1)(Sc1ccccc1)Sc1ccccc1. The van der Waals surface area contributed by atoms with Crippen LogP contribution in [0.4, 0.5) is 0 Å². The molecule has 5 aromatic carbocycles. The predicted octanol–water partition coefficient (Wildman–Crippen LogP) is 10.9. The van der Waals surface area contributed by atoms with Gasteiger partial charge < -0.3 is 14.2 Å². The lowest BCUT2D eigenvalue weighted by atomic mass is 9.91. The molecule has 5 nitrogen and oxygen atoms in total. The van der Waals surface area contributed by atoms with E-state index in [2.05, 4.69) is 145 Å². The van der Waals surface area contributed by atoms with Crippen LogP contribution in [-0.4, -0.2) is 41.7 Å². The molecule has 51 heavy (non-hydrogen) atoms. The number of benzene rings is 5. The van der Waals surface area contributed by atoms with E-state index < -0.39 is 9.33 Å². The van der Waals surface area contributed by atoms with Crippen molar-refractivity contribution in [3.05, 3.63) is 151 Å². The Bertz CT molecular complexity index is 1730. The number of rotatable bonds is 15. The number of thioether (sulfide) groups is 3. The first-order valence-corrected chi connectivity index (χ1v) is 19.7. The fourth-order valence-corrected chi connectivity index (χ4v) is 12.5. The lowest BCUT2D eigenvalue weighted by Gasteiger charge is -2.43. The molecule has 0 radical (unpaired) electrons. The molecule has 6 rings (SSSR count). The summed E-state index contributed by atoms with van der Waals surface area (Å²) in [4.78, 5) is 20.4. The Kier molecular flexibility index (Phi) is 12.8. The quantitative estimate of drug-likeness (QED) is 0.0598. The van der Waals surface area contributed by atoms with Crippen LogP contribution in [0, 0.1) is 11.8 Å². The molecule has 4 atom stereocenters. The first kappa shape index (κ1) is 37.0. The van der Waals surface area contributed by atoms with Crippen molar-refractivity contribution in [2.75, 3.05) is 21.3 Å². The zero-order chi connectivity index (χ0) is 35.6. The van der Waals surface area contributed by atoms with E-state index in [1.165, 1.54) is 12.7 Å². The molecule has 0 bridgehead atoms. The van der Waals surface area contributed by atoms with Gasteiger partial charge in [0.05, 0.1) is 27.2 Å². The van der Waals surface area contributed by atoms with E-state index >= 15 is 0 Å². The number of hydrogen-bond acceptors (Lipinski definition) is 8. The van der Waals surface area contributed by atoms with Crippen LogP contribution in [0.2, 0.25) is 0 Å². The Morgan fingerprint density at radius 2 is 1.18 bits per heavy atom. The molecular formula is C43H45NO4S3. The number of nitrogens with zero attached hydrogens (tertiary/aromatic N) is 1. The molecule has 1 aliphatic carbocycles. The largest absolute Gasteiger partial charge is 0.493 e. The predicted molar refractivity (Wildman–Crippen MR) is 212 cm³/mol. The number of carbonyl (C=O) groups excluding carboxylic acids is 1. The standard InChI is InChI=1S/C43H45NO4S3/c1-31(33-17-9-5-10-18-33)44(30-32-25-28-39(46-2)40(29-32)47-3)38-27-26-37(41(38)42(45)48-4)43(49-34-19-11-6-12-20-34,50-35-21-13-7-14-22-35)51-36-23-15-8-16-24-36/h5-25,28-29,31,37-38,41H,26-27,30H2,1-4H3/t31-,37+,38+,41-/m0/s1. The van der Waals surface area contributed by atoms with Crippen molar-refractivity contribution >= 4 is 41.3 Å². The third-order valence-corrected chi connectivity index (χ3v) is 14.4. The summed E-state index contributed by atoms with van der Waals surface area (Å²) in [6, 6.07) is 48.4. The van der Waals surface area contributed by atoms with Gasteiger partial charge in [0.1, 0.15) is 3.41 Å². The van der Waals surface area contributed by atoms with Crippen LogP contribution >= 0.6 is 35.3 Å². The van der Waals surface area contributed by atoms with E-state index in [0.29, 0.717) is 18.0 Å². The van der Waals surface area contributed by atoms with Crippen LogP contribution < -0.4 is 9.47 Å². The van der Waals surface area contributed by atoms with Crippen LogP contribution in [0.1, 0.15) is 36.9 Å². The summed E-state index contributed by atoms with van der Waals surface area (Å²) in [7, 11) is 4.86. The van der Waals surface area contributed by atoms with Crippen molar-refractivity contribution in [3.8, 4) is 11.5 Å². The van der Waals surface area contributed by atoms with Gasteiger partial charge in [-0.25, -0.2) is 0 Å². The molecule has 0 heterocycles. The Morgan fingerprint density at radius 1 is 0.686 bits per heavy atom. The van der Waals surface area contributed by atoms with Gasteiger partial charge in [-0.05, 0) is 79.4 Å². The average Bonchev–Trinajstić information content (AvgIpc) is 3.63. The molecule has 1 fully saturated rings. The minimum absolute atomic E-state index is 0.0231. The summed E-state index contributed by atoms with van der Waals surface area (Å²) in [6.07, 6.45) is 1.70. The van der Waals surface area contributed by atoms with Gasteiger partial charge in [0.15, 0.2) is 11.5 Å². The maximum absolute atomic E-state index is 14.4. The average molecular weight is 736 g/mol. The molecule has 1 aliphatic rings. The van der Waals surface area contributed by atoms with E-state index in [1.807, 2.05) is 41.4 Å². The van der Waals surface area contributed by atoms with E-state index in [0.717, 1.165) is 33.1 Å². The van der Waals surface area contributed by atoms with Crippen molar-refractivity contribution in [1.29, 1.82) is 0 Å². The highest BCUT2D eigenvalue weighted by Crippen LogP contribution is 2.64. The second-order valence-electron chi connectivity index (χ2n) is 12.6. The third-order valence-electron chi connectivity index (χ3n) is 9.58. The third kappa shape index (κ3) is 8.80. The van der Waals surface area contributed by atoms with Crippen LogP contribution in [0.5, 0.6) is 11.5 Å². The molecule has 5 aromatic rings. The van der Waals surface area contributed by atoms with Crippen molar-refractivity contribution in [2.45, 2.75) is 56.5 Å². The fourth-order valence-electron chi connectivity index (χ4n) is 7.11. The summed E-state index contributed by atoms with van der Waals surface area (Å²) in [6.45, 7) is 2.87. The highest BCUT2D eigenvalue weighted by molar-refractivity contribution is 8.33. The number of methoxy groups -OCH3 is 3. The lowest BCUT2D eigenvalue weighted by Crippen LogP contribution is -2.46. The van der Waals surface area contributed by atoms with Crippen molar-refractivity contribution in [2.24, 2.45) is 11.8 Å². The normalized spacial score (nSPS) is 17.9. The topological polar surface area (TPSA) is 48.0 Å². The van der Waals surface area contributed by atoms with Crippen LogP contribution in [0.25, 0.3) is 0 Å². The van der Waals surface area contributed by atoms with Gasteiger partial charge in [-0.2, -0.15) is 0 Å². The zero-order valence-corrected chi connectivity index (χ0v) is 32.0. The Morgan fingerprint density at radius 3 is 1.65 bits per heavy atom. The second-order valence-corrected chi connectivity index (χ2v) is 17.3. The number of esters is 1. The Hall–Kier alpha value is -3.82. The van der Waals surface area contributed by atoms with E-state index in [4.69, 9.17) is 14.2 Å². The van der Waals surface area contributed by atoms with Crippen molar-refractivity contribution < 1.29 is 19.0 Å². The van der Waals surface area contributed by atoms with Crippen LogP contribution in [0.15, 0.2) is 154 Å². The first-order chi connectivity index (χ1) is 24.9. The lowest BCUT2D eigenvalue weighted by molar-refractivity contribution is -0.149. The minimum Gasteiger partial charge on any atom is -0.493 e. The monoisotopic (exact) mass is 735 g/mol. The van der Waals surface area contributed by atoms with Gasteiger partial charge in [-0.15, -0.1) is 0 Å². The molecule has 0 saturated heterocycles. The Labute approximate surface area is 315 Å². The fraction of sp³-hybridized carbons (Fsp3) is 0.279. The molecule has 0 aromatic heterocycles. The van der Waals surface area contributed by atoms with E-state index in [-0.39, 0.29) is 24.0 Å². The first-order valence-electron chi connectivity index (χ1n) is 17.3. The van der Waals surface area contributed by atoms with Gasteiger partial charge in [0.2, 0.25) is 0 Å². The minimum atomic E-state index is -0.511. The maximum Gasteiger partial charge on any atom is 0.310 e. The molecule has 0 aliphatic heterocycles. The number of carbonyl (C=O) groups is 1. The van der Waals surface area contributed by atoms with E-state index in [1.54, 1.807) is 14.2 Å².